The maximum absolute atomic E-state index is 11.6. The molecule has 0 aliphatic carbocycles. The van der Waals surface area contributed by atoms with Gasteiger partial charge in [-0.2, -0.15) is 0 Å². The smallest absolute Gasteiger partial charge is 0.318 e. The van der Waals surface area contributed by atoms with E-state index in [-0.39, 0.29) is 24.4 Å². The molecule has 2 fully saturated rings. The van der Waals surface area contributed by atoms with Crippen LogP contribution < -0.4 is 5.32 Å². The van der Waals surface area contributed by atoms with Gasteiger partial charge in [-0.15, -0.1) is 0 Å². The minimum Gasteiger partial charge on any atom is -0.381 e. The Morgan fingerprint density at radius 2 is 2.19 bits per heavy atom. The van der Waals surface area contributed by atoms with Crippen molar-refractivity contribution in [2.45, 2.75) is 25.8 Å². The molecule has 2 aliphatic heterocycles. The van der Waals surface area contributed by atoms with E-state index < -0.39 is 0 Å². The first-order valence-electron chi connectivity index (χ1n) is 5.79. The molecule has 90 valence electrons. The Balaban J connectivity index is 1.89. The van der Waals surface area contributed by atoms with Crippen LogP contribution >= 0.6 is 0 Å². The highest BCUT2D eigenvalue weighted by molar-refractivity contribution is 5.85. The van der Waals surface area contributed by atoms with E-state index in [1.54, 1.807) is 4.90 Å². The Hall–Kier alpha value is -1.10. The molecule has 0 spiro atoms. The summed E-state index contributed by atoms with van der Waals surface area (Å²) in [4.78, 5) is 24.2. The van der Waals surface area contributed by atoms with E-state index in [4.69, 9.17) is 4.74 Å². The van der Waals surface area contributed by atoms with Gasteiger partial charge in [0.2, 0.25) is 0 Å². The molecule has 2 rings (SSSR count). The number of rotatable bonds is 3. The zero-order chi connectivity index (χ0) is 11.5. The molecule has 1 unspecified atom stereocenters. The van der Waals surface area contributed by atoms with E-state index in [2.05, 4.69) is 5.32 Å². The van der Waals surface area contributed by atoms with Crippen molar-refractivity contribution in [2.24, 2.45) is 5.92 Å². The Morgan fingerprint density at radius 1 is 1.50 bits per heavy atom. The van der Waals surface area contributed by atoms with Crippen molar-refractivity contribution in [2.75, 3.05) is 26.3 Å². The van der Waals surface area contributed by atoms with Crippen molar-refractivity contribution in [1.82, 2.24) is 10.2 Å². The molecule has 5 nitrogen and oxygen atoms in total. The van der Waals surface area contributed by atoms with E-state index in [1.807, 2.05) is 0 Å². The minimum absolute atomic E-state index is 0.0303. The summed E-state index contributed by atoms with van der Waals surface area (Å²) in [6, 6.07) is 0.0856. The van der Waals surface area contributed by atoms with Gasteiger partial charge in [0.25, 0.3) is 0 Å². The van der Waals surface area contributed by atoms with Crippen LogP contribution in [0.3, 0.4) is 0 Å². The van der Waals surface area contributed by atoms with Gasteiger partial charge < -0.3 is 15.0 Å². The highest BCUT2D eigenvalue weighted by Gasteiger charge is 2.34. The van der Waals surface area contributed by atoms with Gasteiger partial charge >= 0.3 is 6.03 Å². The average molecular weight is 226 g/mol. The summed E-state index contributed by atoms with van der Waals surface area (Å²) in [6.07, 6.45) is 2.00. The minimum atomic E-state index is -0.105. The number of ether oxygens (including phenoxy) is 1. The molecular weight excluding hydrogens is 208 g/mol. The number of amides is 2. The largest absolute Gasteiger partial charge is 0.381 e. The van der Waals surface area contributed by atoms with Crippen LogP contribution in [0.1, 0.15) is 19.8 Å². The van der Waals surface area contributed by atoms with Crippen molar-refractivity contribution < 1.29 is 14.3 Å². The van der Waals surface area contributed by atoms with E-state index in [9.17, 15) is 9.59 Å². The van der Waals surface area contributed by atoms with E-state index in [0.717, 1.165) is 26.1 Å². The van der Waals surface area contributed by atoms with E-state index in [0.29, 0.717) is 12.5 Å². The van der Waals surface area contributed by atoms with Crippen LogP contribution in [0.25, 0.3) is 0 Å². The topological polar surface area (TPSA) is 58.6 Å². The van der Waals surface area contributed by atoms with Crippen LogP contribution in [-0.4, -0.2) is 49.1 Å². The third-order valence-corrected chi connectivity index (χ3v) is 3.26. The van der Waals surface area contributed by atoms with Crippen LogP contribution in [0.2, 0.25) is 0 Å². The molecule has 2 saturated heterocycles. The predicted molar refractivity (Wildman–Crippen MR) is 58.1 cm³/mol. The lowest BCUT2D eigenvalue weighted by molar-refractivity contribution is -0.117. The quantitative estimate of drug-likeness (QED) is 0.757. The highest BCUT2D eigenvalue weighted by atomic mass is 16.5. The van der Waals surface area contributed by atoms with Crippen LogP contribution in [-0.2, 0) is 9.53 Å². The lowest BCUT2D eigenvalue weighted by atomic mass is 9.92. The lowest BCUT2D eigenvalue weighted by Gasteiger charge is -2.26. The molecule has 0 aromatic rings. The number of carbonyl (C=O) groups is 2. The fourth-order valence-electron chi connectivity index (χ4n) is 2.41. The molecule has 0 aromatic heterocycles. The fourth-order valence-corrected chi connectivity index (χ4v) is 2.41. The van der Waals surface area contributed by atoms with Crippen molar-refractivity contribution in [1.29, 1.82) is 0 Å². The lowest BCUT2D eigenvalue weighted by Crippen LogP contribution is -2.37. The molecule has 16 heavy (non-hydrogen) atoms. The van der Waals surface area contributed by atoms with Gasteiger partial charge in [0.05, 0.1) is 12.6 Å². The summed E-state index contributed by atoms with van der Waals surface area (Å²) in [5.74, 6) is 0.525. The number of nitrogens with zero attached hydrogens (tertiary/aromatic N) is 1. The molecule has 0 radical (unpaired) electrons. The zero-order valence-corrected chi connectivity index (χ0v) is 9.57. The van der Waals surface area contributed by atoms with Crippen LogP contribution in [0.15, 0.2) is 0 Å². The Morgan fingerprint density at radius 3 is 2.81 bits per heavy atom. The first-order valence-corrected chi connectivity index (χ1v) is 5.79. The third kappa shape index (κ3) is 2.52. The second-order valence-electron chi connectivity index (χ2n) is 4.59. The molecule has 2 amide bonds. The molecular formula is C11H18N2O3. The standard InChI is InChI=1S/C11H18N2O3/c1-8(14)6-13-7-10(12-11(13)15)9-2-4-16-5-3-9/h9-10H,2-7H2,1H3,(H,12,15). The number of Topliss-reactive ketones (excluding diaryl/α,β-unsaturated/α-hetero) is 1. The third-order valence-electron chi connectivity index (χ3n) is 3.26. The molecule has 2 aliphatic rings. The first-order chi connectivity index (χ1) is 7.66. The zero-order valence-electron chi connectivity index (χ0n) is 9.57. The first kappa shape index (κ1) is 11.4. The molecule has 5 heteroatoms. The number of hydrogen-bond donors (Lipinski definition) is 1. The second kappa shape index (κ2) is 4.82. The summed E-state index contributed by atoms with van der Waals surface area (Å²) in [5.41, 5.74) is 0. The van der Waals surface area contributed by atoms with Gasteiger partial charge in [-0.3, -0.25) is 4.79 Å². The maximum atomic E-state index is 11.6. The highest BCUT2D eigenvalue weighted by Crippen LogP contribution is 2.22. The number of ketones is 1. The molecule has 1 atom stereocenters. The summed E-state index contributed by atoms with van der Waals surface area (Å²) in [7, 11) is 0. The number of nitrogens with one attached hydrogen (secondary N) is 1. The van der Waals surface area contributed by atoms with Gasteiger partial charge in [-0.05, 0) is 25.7 Å². The fraction of sp³-hybridized carbons (Fsp3) is 0.818. The molecule has 0 saturated carbocycles. The van der Waals surface area contributed by atoms with Gasteiger partial charge in [0, 0.05) is 19.8 Å². The SMILES string of the molecule is CC(=O)CN1CC(C2CCOCC2)NC1=O. The maximum Gasteiger partial charge on any atom is 0.318 e. The van der Waals surface area contributed by atoms with Gasteiger partial charge in [0.1, 0.15) is 5.78 Å². The van der Waals surface area contributed by atoms with Crippen LogP contribution in [0.4, 0.5) is 4.79 Å². The second-order valence-corrected chi connectivity index (χ2v) is 4.59. The van der Waals surface area contributed by atoms with Gasteiger partial charge in [-0.25, -0.2) is 4.79 Å². The number of hydrogen-bond acceptors (Lipinski definition) is 3. The normalized spacial score (nSPS) is 26.9. The molecule has 0 bridgehead atoms. The summed E-state index contributed by atoms with van der Waals surface area (Å²) in [6.45, 7) is 3.96. The Kier molecular flexibility index (Phi) is 3.43. The van der Waals surface area contributed by atoms with Crippen molar-refractivity contribution in [3.63, 3.8) is 0 Å². The van der Waals surface area contributed by atoms with Crippen molar-refractivity contribution in [3.05, 3.63) is 0 Å². The summed E-state index contributed by atoms with van der Waals surface area (Å²) < 4.78 is 5.30. The predicted octanol–water partition coefficient (Wildman–Crippen LogP) is 0.396. The van der Waals surface area contributed by atoms with Gasteiger partial charge in [-0.1, -0.05) is 0 Å². The Labute approximate surface area is 95.1 Å². The van der Waals surface area contributed by atoms with E-state index >= 15 is 0 Å². The Bertz CT molecular complexity index is 287. The summed E-state index contributed by atoms with van der Waals surface area (Å²) >= 11 is 0. The molecule has 0 aromatic carbocycles. The molecule has 2 heterocycles. The van der Waals surface area contributed by atoms with Gasteiger partial charge in [0.15, 0.2) is 0 Å². The van der Waals surface area contributed by atoms with Crippen molar-refractivity contribution in [3.8, 4) is 0 Å². The van der Waals surface area contributed by atoms with Crippen LogP contribution in [0.5, 0.6) is 0 Å². The van der Waals surface area contributed by atoms with Crippen LogP contribution in [0, 0.1) is 5.92 Å². The van der Waals surface area contributed by atoms with Crippen molar-refractivity contribution >= 4 is 11.8 Å². The summed E-state index contributed by atoms with van der Waals surface area (Å²) in [5, 5.41) is 2.96. The average Bonchev–Trinajstić information content (AvgIpc) is 2.61. The van der Waals surface area contributed by atoms with E-state index in [1.165, 1.54) is 6.92 Å². The monoisotopic (exact) mass is 226 g/mol. The number of carbonyl (C=O) groups excluding carboxylic acids is 2. The molecule has 1 N–H and O–H groups in total. The number of urea groups is 1.